The summed E-state index contributed by atoms with van der Waals surface area (Å²) in [6, 6.07) is 5.89. The predicted octanol–water partition coefficient (Wildman–Crippen LogP) is 1.40. The van der Waals surface area contributed by atoms with Gasteiger partial charge in [0.2, 0.25) is 0 Å². The third-order valence-electron chi connectivity index (χ3n) is 2.31. The van der Waals surface area contributed by atoms with E-state index in [9.17, 15) is 8.78 Å². The summed E-state index contributed by atoms with van der Waals surface area (Å²) in [4.78, 5) is 0. The molecule has 1 aromatic carbocycles. The molecule has 0 saturated carbocycles. The lowest BCUT2D eigenvalue weighted by Crippen LogP contribution is -2.26. The van der Waals surface area contributed by atoms with Crippen LogP contribution in [0.25, 0.3) is 0 Å². The summed E-state index contributed by atoms with van der Waals surface area (Å²) < 4.78 is 26.0. The Bertz CT molecular complexity index is 307. The molecular formula is C9H8F2O2. The molecule has 0 bridgehead atoms. The summed E-state index contributed by atoms with van der Waals surface area (Å²) in [6.45, 7) is 0. The van der Waals surface area contributed by atoms with Crippen molar-refractivity contribution in [1.82, 2.24) is 0 Å². The van der Waals surface area contributed by atoms with Crippen LogP contribution in [-0.4, -0.2) is 16.1 Å². The molecule has 2 nitrogen and oxygen atoms in total. The van der Waals surface area contributed by atoms with Gasteiger partial charge in [-0.2, -0.15) is 0 Å². The molecule has 0 heterocycles. The number of aliphatic hydroxyl groups excluding tert-OH is 2. The van der Waals surface area contributed by atoms with Gasteiger partial charge in [-0.1, -0.05) is 24.3 Å². The predicted molar refractivity (Wildman–Crippen MR) is 41.3 cm³/mol. The fourth-order valence-corrected chi connectivity index (χ4v) is 1.57. The molecule has 0 aliphatic heterocycles. The fraction of sp³-hybridized carbons (Fsp3) is 0.333. The molecule has 1 aliphatic rings. The molecule has 2 atom stereocenters. The van der Waals surface area contributed by atoms with Crippen LogP contribution < -0.4 is 0 Å². The molecule has 4 heteroatoms. The lowest BCUT2D eigenvalue weighted by Gasteiger charge is -2.17. The molecule has 0 saturated heterocycles. The molecule has 1 aromatic rings. The minimum Gasteiger partial charge on any atom is -0.382 e. The van der Waals surface area contributed by atoms with E-state index < -0.39 is 18.1 Å². The second-order valence-corrected chi connectivity index (χ2v) is 3.11. The van der Waals surface area contributed by atoms with Gasteiger partial charge >= 0.3 is 5.92 Å². The smallest absolute Gasteiger partial charge is 0.306 e. The van der Waals surface area contributed by atoms with E-state index in [-0.39, 0.29) is 11.1 Å². The van der Waals surface area contributed by atoms with Gasteiger partial charge in [-0.3, -0.25) is 0 Å². The largest absolute Gasteiger partial charge is 0.382 e. The first-order valence-electron chi connectivity index (χ1n) is 3.88. The van der Waals surface area contributed by atoms with Crippen LogP contribution in [0, 0.1) is 0 Å². The molecule has 0 spiro atoms. The first-order chi connectivity index (χ1) is 6.05. The standard InChI is InChI=1S/C9H8F2O2/c10-9(11)7(12)5-3-1-2-4-6(5)8(9)13/h1-4,7-8,12-13H/t7-,8?/m0/s1. The van der Waals surface area contributed by atoms with E-state index in [0.717, 1.165) is 0 Å². The van der Waals surface area contributed by atoms with E-state index >= 15 is 0 Å². The number of rotatable bonds is 0. The zero-order chi connectivity index (χ0) is 9.64. The van der Waals surface area contributed by atoms with Crippen LogP contribution in [0.15, 0.2) is 24.3 Å². The van der Waals surface area contributed by atoms with E-state index in [2.05, 4.69) is 0 Å². The van der Waals surface area contributed by atoms with E-state index in [0.29, 0.717) is 0 Å². The number of halogens is 2. The molecule has 0 fully saturated rings. The average molecular weight is 186 g/mol. The number of benzene rings is 1. The minimum absolute atomic E-state index is 0.111. The van der Waals surface area contributed by atoms with Crippen molar-refractivity contribution in [2.45, 2.75) is 18.1 Å². The monoisotopic (exact) mass is 186 g/mol. The Morgan fingerprint density at radius 3 is 1.77 bits per heavy atom. The molecule has 13 heavy (non-hydrogen) atoms. The molecule has 2 rings (SSSR count). The van der Waals surface area contributed by atoms with Crippen LogP contribution in [0.4, 0.5) is 8.78 Å². The van der Waals surface area contributed by atoms with Crippen LogP contribution in [-0.2, 0) is 0 Å². The summed E-state index contributed by atoms with van der Waals surface area (Å²) in [6.07, 6.45) is -3.78. The average Bonchev–Trinajstić information content (AvgIpc) is 2.30. The van der Waals surface area contributed by atoms with E-state index in [1.807, 2.05) is 0 Å². The Hall–Kier alpha value is -1.00. The highest BCUT2D eigenvalue weighted by Gasteiger charge is 2.54. The van der Waals surface area contributed by atoms with Crippen molar-refractivity contribution in [3.05, 3.63) is 35.4 Å². The fourth-order valence-electron chi connectivity index (χ4n) is 1.57. The Balaban J connectivity index is 2.57. The van der Waals surface area contributed by atoms with Gasteiger partial charge in [0.05, 0.1) is 0 Å². The maximum atomic E-state index is 13.0. The number of aliphatic hydroxyl groups is 2. The maximum absolute atomic E-state index is 13.0. The summed E-state index contributed by atoms with van der Waals surface area (Å²) in [5.74, 6) is -3.47. The van der Waals surface area contributed by atoms with Crippen molar-refractivity contribution < 1.29 is 19.0 Å². The molecule has 70 valence electrons. The van der Waals surface area contributed by atoms with Crippen molar-refractivity contribution >= 4 is 0 Å². The lowest BCUT2D eigenvalue weighted by molar-refractivity contribution is -0.166. The summed E-state index contributed by atoms with van der Waals surface area (Å²) in [5.41, 5.74) is 0.222. The van der Waals surface area contributed by atoms with Crippen molar-refractivity contribution in [1.29, 1.82) is 0 Å². The summed E-state index contributed by atoms with van der Waals surface area (Å²) in [5, 5.41) is 18.3. The van der Waals surface area contributed by atoms with Crippen molar-refractivity contribution in [3.63, 3.8) is 0 Å². The Morgan fingerprint density at radius 1 is 1.00 bits per heavy atom. The van der Waals surface area contributed by atoms with Gasteiger partial charge in [-0.05, 0) is 11.1 Å². The van der Waals surface area contributed by atoms with Gasteiger partial charge in [-0.15, -0.1) is 0 Å². The Kier molecular flexibility index (Phi) is 1.65. The number of hydrogen-bond acceptors (Lipinski definition) is 2. The second-order valence-electron chi connectivity index (χ2n) is 3.11. The Morgan fingerprint density at radius 2 is 1.38 bits per heavy atom. The van der Waals surface area contributed by atoms with Crippen LogP contribution in [0.1, 0.15) is 23.3 Å². The second kappa shape index (κ2) is 2.49. The van der Waals surface area contributed by atoms with Gasteiger partial charge in [0.15, 0.2) is 0 Å². The van der Waals surface area contributed by atoms with Crippen LogP contribution in [0.3, 0.4) is 0 Å². The lowest BCUT2D eigenvalue weighted by atomic mass is 10.1. The Labute approximate surface area is 73.4 Å². The normalized spacial score (nSPS) is 30.2. The quantitative estimate of drug-likeness (QED) is 0.643. The maximum Gasteiger partial charge on any atom is 0.306 e. The van der Waals surface area contributed by atoms with Crippen LogP contribution in [0.2, 0.25) is 0 Å². The van der Waals surface area contributed by atoms with E-state index in [1.54, 1.807) is 12.1 Å². The van der Waals surface area contributed by atoms with Crippen molar-refractivity contribution in [2.75, 3.05) is 0 Å². The summed E-state index contributed by atoms with van der Waals surface area (Å²) >= 11 is 0. The topological polar surface area (TPSA) is 40.5 Å². The van der Waals surface area contributed by atoms with Gasteiger partial charge in [-0.25, -0.2) is 8.78 Å². The van der Waals surface area contributed by atoms with E-state index in [1.165, 1.54) is 12.1 Å². The van der Waals surface area contributed by atoms with Crippen LogP contribution in [0.5, 0.6) is 0 Å². The highest BCUT2D eigenvalue weighted by molar-refractivity contribution is 5.38. The molecule has 0 aromatic heterocycles. The first-order valence-corrected chi connectivity index (χ1v) is 3.88. The molecule has 1 unspecified atom stereocenters. The zero-order valence-corrected chi connectivity index (χ0v) is 6.61. The minimum atomic E-state index is -3.47. The zero-order valence-electron chi connectivity index (χ0n) is 6.61. The molecule has 1 aliphatic carbocycles. The first kappa shape index (κ1) is 8.59. The van der Waals surface area contributed by atoms with Gasteiger partial charge in [0.1, 0.15) is 12.2 Å². The third-order valence-corrected chi connectivity index (χ3v) is 2.31. The van der Waals surface area contributed by atoms with Gasteiger partial charge in [0, 0.05) is 0 Å². The number of fused-ring (bicyclic) bond motifs is 1. The number of alkyl halides is 2. The number of hydrogen-bond donors (Lipinski definition) is 2. The van der Waals surface area contributed by atoms with E-state index in [4.69, 9.17) is 10.2 Å². The highest BCUT2D eigenvalue weighted by Crippen LogP contribution is 2.49. The van der Waals surface area contributed by atoms with Gasteiger partial charge < -0.3 is 10.2 Å². The third kappa shape index (κ3) is 0.990. The molecule has 0 radical (unpaired) electrons. The highest BCUT2D eigenvalue weighted by atomic mass is 19.3. The van der Waals surface area contributed by atoms with Crippen molar-refractivity contribution in [3.8, 4) is 0 Å². The molecule has 2 N–H and O–H groups in total. The molecule has 0 amide bonds. The summed E-state index contributed by atoms with van der Waals surface area (Å²) in [7, 11) is 0. The molecular weight excluding hydrogens is 178 g/mol. The van der Waals surface area contributed by atoms with Crippen LogP contribution >= 0.6 is 0 Å². The van der Waals surface area contributed by atoms with Crippen molar-refractivity contribution in [2.24, 2.45) is 0 Å². The van der Waals surface area contributed by atoms with Gasteiger partial charge in [0.25, 0.3) is 0 Å². The SMILES string of the molecule is OC1c2ccccc2[C@H](O)C1(F)F.